The van der Waals surface area contributed by atoms with Gasteiger partial charge in [0.15, 0.2) is 5.65 Å². The average molecular weight is 512 g/mol. The number of carbonyl (C=O) groups excluding carboxylic acids is 1. The van der Waals surface area contributed by atoms with Crippen LogP contribution in [0.25, 0.3) is 16.7 Å². The molecule has 1 N–H and O–H groups in total. The second-order valence-corrected chi connectivity index (χ2v) is 7.94. The summed E-state index contributed by atoms with van der Waals surface area (Å²) >= 11 is 0. The summed E-state index contributed by atoms with van der Waals surface area (Å²) in [7, 11) is 0. The Morgan fingerprint density at radius 2 is 1.73 bits per heavy atom. The van der Waals surface area contributed by atoms with Crippen LogP contribution in [0.15, 0.2) is 71.7 Å². The number of fused-ring (bicyclic) bond motifs is 1. The van der Waals surface area contributed by atoms with Crippen molar-refractivity contribution in [2.24, 2.45) is 0 Å². The Bertz CT molecular complexity index is 1440. The molecule has 0 saturated heterocycles. The topological polar surface area (TPSA) is 95.3 Å². The van der Waals surface area contributed by atoms with E-state index in [9.17, 15) is 22.8 Å². The minimum atomic E-state index is -4.78. The average Bonchev–Trinajstić information content (AvgIpc) is 2.85. The Labute approximate surface area is 209 Å². The van der Waals surface area contributed by atoms with Gasteiger partial charge in [0, 0.05) is 19.2 Å². The molecule has 1 amide bonds. The second-order valence-electron chi connectivity index (χ2n) is 7.94. The van der Waals surface area contributed by atoms with Crippen LogP contribution in [0, 0.1) is 0 Å². The first-order chi connectivity index (χ1) is 17.7. The van der Waals surface area contributed by atoms with Gasteiger partial charge in [-0.2, -0.15) is 0 Å². The van der Waals surface area contributed by atoms with Crippen molar-refractivity contribution in [1.29, 1.82) is 0 Å². The van der Waals surface area contributed by atoms with Crippen molar-refractivity contribution >= 4 is 16.9 Å². The van der Waals surface area contributed by atoms with Crippen LogP contribution in [-0.2, 0) is 17.6 Å². The van der Waals surface area contributed by atoms with Crippen LogP contribution >= 0.6 is 0 Å². The quantitative estimate of drug-likeness (QED) is 0.365. The summed E-state index contributed by atoms with van der Waals surface area (Å²) in [5, 5.41) is 3.12. The molecule has 0 bridgehead atoms. The largest absolute Gasteiger partial charge is 0.573 e. The van der Waals surface area contributed by atoms with E-state index < -0.39 is 6.36 Å². The highest BCUT2D eigenvalue weighted by Gasteiger charge is 2.31. The van der Waals surface area contributed by atoms with E-state index in [-0.39, 0.29) is 36.6 Å². The zero-order valence-electron chi connectivity index (χ0n) is 19.8. The lowest BCUT2D eigenvalue weighted by molar-refractivity contribution is -0.274. The Balaban J connectivity index is 1.48. The number of carbonyl (C=O) groups is 1. The molecule has 0 aliphatic rings. The number of nitrogens with zero attached hydrogens (tertiary/aromatic N) is 3. The normalized spacial score (nSPS) is 11.4. The number of hydrogen-bond acceptors (Lipinski definition) is 6. The Morgan fingerprint density at radius 3 is 2.41 bits per heavy atom. The second kappa shape index (κ2) is 11.1. The summed E-state index contributed by atoms with van der Waals surface area (Å²) in [5.41, 5.74) is 1.13. The summed E-state index contributed by atoms with van der Waals surface area (Å²) in [6.45, 7) is 2.57. The van der Waals surface area contributed by atoms with Crippen LogP contribution in [0.3, 0.4) is 0 Å². The number of aromatic nitrogens is 3. The molecular formula is C26H23F3N4O4. The van der Waals surface area contributed by atoms with Gasteiger partial charge in [0.25, 0.3) is 5.56 Å². The number of hydrogen-bond donors (Lipinski definition) is 1. The maximum Gasteiger partial charge on any atom is 0.573 e. The van der Waals surface area contributed by atoms with Crippen LogP contribution < -0.4 is 20.3 Å². The van der Waals surface area contributed by atoms with Crippen molar-refractivity contribution in [3.8, 4) is 17.2 Å². The molecule has 0 radical (unpaired) electrons. The van der Waals surface area contributed by atoms with Crippen molar-refractivity contribution < 1.29 is 27.4 Å². The molecule has 2 aromatic heterocycles. The number of halogens is 3. The van der Waals surface area contributed by atoms with Gasteiger partial charge >= 0.3 is 6.36 Å². The molecule has 37 heavy (non-hydrogen) atoms. The standard InChI is InChI=1S/C26H23F3N4O4/c1-2-36-19-11-7-18(8-12-19)33-22(32-24-21(25(33)35)4-3-14-31-24)13-15-30-23(34)16-17-5-9-20(10-6-17)37-26(27,28)29/h3-12,14H,2,13,15-16H2,1H3,(H,30,34). The van der Waals surface area contributed by atoms with Crippen molar-refractivity contribution in [2.45, 2.75) is 26.1 Å². The number of benzene rings is 2. The number of pyridine rings is 1. The van der Waals surface area contributed by atoms with Gasteiger partial charge in [-0.15, -0.1) is 13.2 Å². The molecule has 0 saturated carbocycles. The molecule has 4 rings (SSSR count). The van der Waals surface area contributed by atoms with Gasteiger partial charge in [-0.1, -0.05) is 12.1 Å². The van der Waals surface area contributed by atoms with E-state index >= 15 is 0 Å². The van der Waals surface area contributed by atoms with Crippen molar-refractivity contribution in [1.82, 2.24) is 19.9 Å². The lowest BCUT2D eigenvalue weighted by Gasteiger charge is -2.14. The fourth-order valence-electron chi connectivity index (χ4n) is 3.73. The number of rotatable bonds is 9. The molecule has 0 aliphatic heterocycles. The minimum Gasteiger partial charge on any atom is -0.494 e. The monoisotopic (exact) mass is 512 g/mol. The number of ether oxygens (including phenoxy) is 2. The first kappa shape index (κ1) is 25.7. The fourth-order valence-corrected chi connectivity index (χ4v) is 3.73. The van der Waals surface area contributed by atoms with Crippen LogP contribution in [0.2, 0.25) is 0 Å². The minimum absolute atomic E-state index is 0.0370. The molecule has 0 atom stereocenters. The van der Waals surface area contributed by atoms with Crippen molar-refractivity contribution in [3.05, 3.63) is 88.6 Å². The molecule has 11 heteroatoms. The maximum atomic E-state index is 13.3. The number of nitrogens with one attached hydrogen (secondary N) is 1. The van der Waals surface area contributed by atoms with E-state index in [1.54, 1.807) is 42.6 Å². The predicted molar refractivity (Wildman–Crippen MR) is 130 cm³/mol. The first-order valence-corrected chi connectivity index (χ1v) is 11.4. The first-order valence-electron chi connectivity index (χ1n) is 11.4. The molecule has 2 aromatic carbocycles. The van der Waals surface area contributed by atoms with E-state index in [0.717, 1.165) is 12.1 Å². The van der Waals surface area contributed by atoms with Gasteiger partial charge in [-0.05, 0) is 61.0 Å². The highest BCUT2D eigenvalue weighted by Crippen LogP contribution is 2.23. The van der Waals surface area contributed by atoms with E-state index in [2.05, 4.69) is 20.0 Å². The smallest absolute Gasteiger partial charge is 0.494 e. The molecule has 0 spiro atoms. The molecule has 0 unspecified atom stereocenters. The molecule has 8 nitrogen and oxygen atoms in total. The van der Waals surface area contributed by atoms with E-state index in [1.807, 2.05) is 6.92 Å². The summed E-state index contributed by atoms with van der Waals surface area (Å²) in [4.78, 5) is 34.5. The van der Waals surface area contributed by atoms with Gasteiger partial charge in [-0.25, -0.2) is 9.97 Å². The van der Waals surface area contributed by atoms with E-state index in [4.69, 9.17) is 4.74 Å². The summed E-state index contributed by atoms with van der Waals surface area (Å²) in [6.07, 6.45) is -3.03. The van der Waals surface area contributed by atoms with Gasteiger partial charge in [-0.3, -0.25) is 14.2 Å². The van der Waals surface area contributed by atoms with E-state index in [0.29, 0.717) is 40.5 Å². The molecule has 192 valence electrons. The van der Waals surface area contributed by atoms with E-state index in [1.165, 1.54) is 16.7 Å². The zero-order valence-corrected chi connectivity index (χ0v) is 19.8. The number of alkyl halides is 3. The summed E-state index contributed by atoms with van der Waals surface area (Å²) < 4.78 is 47.7. The van der Waals surface area contributed by atoms with Crippen molar-refractivity contribution in [2.75, 3.05) is 13.2 Å². The Morgan fingerprint density at radius 1 is 1.03 bits per heavy atom. The Kier molecular flexibility index (Phi) is 7.71. The lowest BCUT2D eigenvalue weighted by Crippen LogP contribution is -2.30. The summed E-state index contributed by atoms with van der Waals surface area (Å²) in [6, 6.07) is 15.4. The van der Waals surface area contributed by atoms with Crippen LogP contribution in [0.4, 0.5) is 13.2 Å². The zero-order chi connectivity index (χ0) is 26.4. The molecule has 0 fully saturated rings. The third-order valence-corrected chi connectivity index (χ3v) is 5.31. The molecule has 4 aromatic rings. The SMILES string of the molecule is CCOc1ccc(-n2c(CCNC(=O)Cc3ccc(OC(F)(F)F)cc3)nc3ncccc3c2=O)cc1. The van der Waals surface area contributed by atoms with Crippen LogP contribution in [0.5, 0.6) is 11.5 Å². The van der Waals surface area contributed by atoms with Gasteiger partial charge in [0.05, 0.1) is 24.1 Å². The van der Waals surface area contributed by atoms with Crippen molar-refractivity contribution in [3.63, 3.8) is 0 Å². The summed E-state index contributed by atoms with van der Waals surface area (Å²) in [5.74, 6) is 0.383. The number of amides is 1. The molecule has 2 heterocycles. The third-order valence-electron chi connectivity index (χ3n) is 5.31. The molecular weight excluding hydrogens is 489 g/mol. The van der Waals surface area contributed by atoms with Gasteiger partial charge < -0.3 is 14.8 Å². The highest BCUT2D eigenvalue weighted by atomic mass is 19.4. The van der Waals surface area contributed by atoms with Crippen LogP contribution in [0.1, 0.15) is 18.3 Å². The third kappa shape index (κ3) is 6.63. The fraction of sp³-hybridized carbons (Fsp3) is 0.231. The molecule has 0 aliphatic carbocycles. The highest BCUT2D eigenvalue weighted by molar-refractivity contribution is 5.78. The lowest BCUT2D eigenvalue weighted by atomic mass is 10.1. The van der Waals surface area contributed by atoms with Gasteiger partial charge in [0.1, 0.15) is 17.3 Å². The van der Waals surface area contributed by atoms with Gasteiger partial charge in [0.2, 0.25) is 5.91 Å². The Hall–Kier alpha value is -4.41. The maximum absolute atomic E-state index is 13.3. The van der Waals surface area contributed by atoms with Crippen LogP contribution in [-0.4, -0.2) is 40.0 Å². The predicted octanol–water partition coefficient (Wildman–Crippen LogP) is 3.98.